The second-order valence-electron chi connectivity index (χ2n) is 3.25. The smallest absolute Gasteiger partial charge is 0.407 e. The molecule has 0 aromatic heterocycles. The van der Waals surface area contributed by atoms with Crippen LogP contribution in [0.5, 0.6) is 0 Å². The SMILES string of the molecule is [2H][C@H](CC)OC(=O)NC(C(N)=O)C(C)C. The molecule has 2 atom stereocenters. The molecule has 0 aliphatic heterocycles. The summed E-state index contributed by atoms with van der Waals surface area (Å²) in [5, 5.41) is 2.33. The Morgan fingerprint density at radius 2 is 2.14 bits per heavy atom. The van der Waals surface area contributed by atoms with Crippen LogP contribution in [0.1, 0.15) is 28.6 Å². The standard InChI is InChI=1S/C9H18N2O3/c1-4-5-14-9(13)11-7(6(2)3)8(10)12/h6-7H,4-5H2,1-3H3,(H2,10,12)(H,11,13)/i5D/t5-,7?/m1/s1. The van der Waals surface area contributed by atoms with Crippen LogP contribution in [0.2, 0.25) is 0 Å². The highest BCUT2D eigenvalue weighted by molar-refractivity contribution is 5.84. The zero-order valence-corrected chi connectivity index (χ0v) is 8.74. The summed E-state index contributed by atoms with van der Waals surface area (Å²) < 4.78 is 11.9. The number of hydrogen-bond acceptors (Lipinski definition) is 3. The summed E-state index contributed by atoms with van der Waals surface area (Å²) in [6.45, 7) is 4.33. The van der Waals surface area contributed by atoms with Crippen LogP contribution < -0.4 is 11.1 Å². The van der Waals surface area contributed by atoms with Crippen molar-refractivity contribution in [3.8, 4) is 0 Å². The topological polar surface area (TPSA) is 81.4 Å². The van der Waals surface area contributed by atoms with Gasteiger partial charge in [-0.25, -0.2) is 4.79 Å². The number of primary amides is 1. The molecule has 5 nitrogen and oxygen atoms in total. The predicted molar refractivity (Wildman–Crippen MR) is 52.6 cm³/mol. The number of ether oxygens (including phenoxy) is 1. The van der Waals surface area contributed by atoms with Crippen molar-refractivity contribution in [1.82, 2.24) is 5.32 Å². The number of amides is 2. The lowest BCUT2D eigenvalue weighted by Gasteiger charge is -2.18. The van der Waals surface area contributed by atoms with Gasteiger partial charge in [-0.15, -0.1) is 0 Å². The van der Waals surface area contributed by atoms with Gasteiger partial charge in [0.1, 0.15) is 6.04 Å². The summed E-state index contributed by atoms with van der Waals surface area (Å²) in [4.78, 5) is 22.1. The number of nitrogens with two attached hydrogens (primary N) is 1. The minimum absolute atomic E-state index is 0.110. The minimum atomic E-state index is -0.911. The highest BCUT2D eigenvalue weighted by Gasteiger charge is 2.21. The lowest BCUT2D eigenvalue weighted by Crippen LogP contribution is -2.47. The van der Waals surface area contributed by atoms with E-state index in [1.165, 1.54) is 0 Å². The Morgan fingerprint density at radius 1 is 1.57 bits per heavy atom. The fourth-order valence-electron chi connectivity index (χ4n) is 0.886. The zero-order chi connectivity index (χ0) is 12.0. The van der Waals surface area contributed by atoms with E-state index in [0.29, 0.717) is 6.42 Å². The van der Waals surface area contributed by atoms with Crippen LogP contribution in [0.3, 0.4) is 0 Å². The third-order valence-electron chi connectivity index (χ3n) is 1.60. The first-order valence-electron chi connectivity index (χ1n) is 5.14. The fraction of sp³-hybridized carbons (Fsp3) is 0.778. The van der Waals surface area contributed by atoms with Crippen molar-refractivity contribution in [3.63, 3.8) is 0 Å². The molecule has 0 radical (unpaired) electrons. The first-order chi connectivity index (χ1) is 6.88. The van der Waals surface area contributed by atoms with Gasteiger partial charge in [0.15, 0.2) is 0 Å². The first-order valence-corrected chi connectivity index (χ1v) is 4.57. The zero-order valence-electron chi connectivity index (χ0n) is 9.74. The minimum Gasteiger partial charge on any atom is -0.450 e. The number of carbonyl (C=O) groups excluding carboxylic acids is 2. The lowest BCUT2D eigenvalue weighted by molar-refractivity contribution is -0.120. The van der Waals surface area contributed by atoms with Gasteiger partial charge in [-0.1, -0.05) is 20.8 Å². The molecule has 14 heavy (non-hydrogen) atoms. The summed E-state index contributed by atoms with van der Waals surface area (Å²) >= 11 is 0. The summed E-state index contributed by atoms with van der Waals surface area (Å²) in [6, 6.07) is -0.762. The van der Waals surface area contributed by atoms with Crippen molar-refractivity contribution in [2.75, 3.05) is 6.58 Å². The molecule has 0 aromatic rings. The third kappa shape index (κ3) is 4.69. The summed E-state index contributed by atoms with van der Waals surface area (Å²) in [5.74, 6) is -0.721. The van der Waals surface area contributed by atoms with Gasteiger partial charge in [-0.2, -0.15) is 0 Å². The Bertz CT molecular complexity index is 233. The monoisotopic (exact) mass is 203 g/mol. The highest BCUT2D eigenvalue weighted by Crippen LogP contribution is 2.00. The highest BCUT2D eigenvalue weighted by atomic mass is 16.5. The van der Waals surface area contributed by atoms with E-state index < -0.39 is 24.6 Å². The molecule has 5 heteroatoms. The molecule has 0 spiro atoms. The number of carbonyl (C=O) groups is 2. The van der Waals surface area contributed by atoms with Crippen molar-refractivity contribution >= 4 is 12.0 Å². The van der Waals surface area contributed by atoms with E-state index in [1.54, 1.807) is 20.8 Å². The fourth-order valence-corrected chi connectivity index (χ4v) is 0.886. The summed E-state index contributed by atoms with van der Waals surface area (Å²) in [5.41, 5.74) is 5.09. The van der Waals surface area contributed by atoms with E-state index in [0.717, 1.165) is 0 Å². The van der Waals surface area contributed by atoms with Crippen molar-refractivity contribution in [3.05, 3.63) is 0 Å². The number of hydrogen-bond donors (Lipinski definition) is 2. The van der Waals surface area contributed by atoms with Gasteiger partial charge in [-0.05, 0) is 12.3 Å². The van der Waals surface area contributed by atoms with Crippen molar-refractivity contribution in [2.24, 2.45) is 11.7 Å². The van der Waals surface area contributed by atoms with Crippen LogP contribution in [-0.4, -0.2) is 24.6 Å². The van der Waals surface area contributed by atoms with E-state index in [9.17, 15) is 9.59 Å². The van der Waals surface area contributed by atoms with Crippen LogP contribution in [0.25, 0.3) is 0 Å². The average molecular weight is 203 g/mol. The van der Waals surface area contributed by atoms with Crippen LogP contribution in [0.15, 0.2) is 0 Å². The molecule has 0 aromatic carbocycles. The van der Waals surface area contributed by atoms with Gasteiger partial charge in [0, 0.05) is 0 Å². The largest absolute Gasteiger partial charge is 0.450 e. The van der Waals surface area contributed by atoms with E-state index >= 15 is 0 Å². The van der Waals surface area contributed by atoms with Gasteiger partial charge in [0.05, 0.1) is 7.95 Å². The maximum Gasteiger partial charge on any atom is 0.407 e. The van der Waals surface area contributed by atoms with Crippen molar-refractivity contribution < 1.29 is 15.7 Å². The number of alkyl carbamates (subject to hydrolysis) is 1. The Balaban J connectivity index is 4.18. The van der Waals surface area contributed by atoms with Crippen LogP contribution in [0, 0.1) is 5.92 Å². The van der Waals surface area contributed by atoms with Gasteiger partial charge >= 0.3 is 6.09 Å². The molecule has 0 aliphatic rings. The van der Waals surface area contributed by atoms with E-state index in [1.807, 2.05) is 0 Å². The maximum absolute atomic E-state index is 11.2. The Morgan fingerprint density at radius 3 is 2.50 bits per heavy atom. The third-order valence-corrected chi connectivity index (χ3v) is 1.60. The molecular weight excluding hydrogens is 184 g/mol. The molecule has 0 fully saturated rings. The summed E-state index contributed by atoms with van der Waals surface area (Å²) in [7, 11) is 0. The Labute approximate surface area is 85.4 Å². The van der Waals surface area contributed by atoms with E-state index in [-0.39, 0.29) is 5.92 Å². The van der Waals surface area contributed by atoms with Crippen LogP contribution >= 0.6 is 0 Å². The molecular formula is C9H18N2O3. The molecule has 82 valence electrons. The van der Waals surface area contributed by atoms with Gasteiger partial charge in [0.2, 0.25) is 5.91 Å². The molecule has 2 amide bonds. The molecule has 0 aliphatic carbocycles. The van der Waals surface area contributed by atoms with Gasteiger partial charge in [0.25, 0.3) is 0 Å². The normalized spacial score (nSPS) is 15.6. The van der Waals surface area contributed by atoms with Crippen LogP contribution in [-0.2, 0) is 9.53 Å². The number of rotatable bonds is 5. The first kappa shape index (κ1) is 10.8. The van der Waals surface area contributed by atoms with Crippen LogP contribution in [0.4, 0.5) is 4.79 Å². The Hall–Kier alpha value is -1.26. The molecule has 0 saturated carbocycles. The quantitative estimate of drug-likeness (QED) is 0.687. The predicted octanol–water partition coefficient (Wildman–Crippen LogP) is 0.632. The molecule has 0 saturated heterocycles. The molecule has 0 heterocycles. The molecule has 0 bridgehead atoms. The van der Waals surface area contributed by atoms with Crippen molar-refractivity contribution in [1.29, 1.82) is 0 Å². The van der Waals surface area contributed by atoms with E-state index in [2.05, 4.69) is 10.1 Å². The second kappa shape index (κ2) is 6.23. The van der Waals surface area contributed by atoms with Crippen molar-refractivity contribution in [2.45, 2.75) is 33.2 Å². The number of nitrogens with one attached hydrogen (secondary N) is 1. The molecule has 3 N–H and O–H groups in total. The lowest BCUT2D eigenvalue weighted by atomic mass is 10.0. The summed E-state index contributed by atoms with van der Waals surface area (Å²) in [6.07, 6.45) is -0.384. The Kier molecular flexibility index (Phi) is 4.82. The van der Waals surface area contributed by atoms with E-state index in [4.69, 9.17) is 7.10 Å². The second-order valence-corrected chi connectivity index (χ2v) is 3.25. The average Bonchev–Trinajstić information content (AvgIpc) is 2.12. The van der Waals surface area contributed by atoms with Gasteiger partial charge in [-0.3, -0.25) is 4.79 Å². The maximum atomic E-state index is 11.2. The molecule has 1 unspecified atom stereocenters. The molecule has 0 rings (SSSR count). The van der Waals surface area contributed by atoms with Gasteiger partial charge < -0.3 is 15.8 Å².